The van der Waals surface area contributed by atoms with Gasteiger partial charge in [0.15, 0.2) is 0 Å². The van der Waals surface area contributed by atoms with E-state index >= 15 is 0 Å². The highest BCUT2D eigenvalue weighted by Gasteiger charge is 2.32. The molecule has 3 N–H and O–H groups in total. The van der Waals surface area contributed by atoms with Crippen molar-refractivity contribution in [1.82, 2.24) is 4.90 Å². The van der Waals surface area contributed by atoms with Gasteiger partial charge in [-0.1, -0.05) is 0 Å². The summed E-state index contributed by atoms with van der Waals surface area (Å²) >= 11 is 3.16. The number of aromatic hydroxyl groups is 1. The second-order valence-corrected chi connectivity index (χ2v) is 5.47. The van der Waals surface area contributed by atoms with Gasteiger partial charge in [-0.15, -0.1) is 0 Å². The van der Waals surface area contributed by atoms with Gasteiger partial charge in [-0.25, -0.2) is 4.39 Å². The fraction of sp³-hybridized carbons (Fsp3) is 0.500. The third-order valence-corrected chi connectivity index (χ3v) is 3.99. The minimum absolute atomic E-state index is 0.0375. The summed E-state index contributed by atoms with van der Waals surface area (Å²) in [7, 11) is 1.97. The minimum Gasteiger partial charge on any atom is -0.506 e. The van der Waals surface area contributed by atoms with E-state index in [2.05, 4.69) is 20.8 Å². The molecule has 0 aliphatic carbocycles. The second-order valence-electron chi connectivity index (χ2n) is 4.62. The van der Waals surface area contributed by atoms with Crippen LogP contribution in [0.3, 0.4) is 0 Å². The monoisotopic (exact) mass is 302 g/mol. The van der Waals surface area contributed by atoms with Crippen LogP contribution in [0, 0.1) is 11.7 Å². The summed E-state index contributed by atoms with van der Waals surface area (Å²) in [4.78, 5) is 2.11. The summed E-state index contributed by atoms with van der Waals surface area (Å²) < 4.78 is 13.8. The van der Waals surface area contributed by atoms with E-state index in [1.165, 1.54) is 12.1 Å². The van der Waals surface area contributed by atoms with Gasteiger partial charge in [0.2, 0.25) is 0 Å². The fourth-order valence-electron chi connectivity index (χ4n) is 2.48. The third kappa shape index (κ3) is 2.46. The Hall–Kier alpha value is -0.650. The van der Waals surface area contributed by atoms with E-state index in [9.17, 15) is 9.50 Å². The number of hydrogen-bond acceptors (Lipinski definition) is 3. The molecule has 0 saturated carbocycles. The number of nitrogens with zero attached hydrogens (tertiary/aromatic N) is 1. The molecule has 1 saturated heterocycles. The topological polar surface area (TPSA) is 49.5 Å². The predicted molar refractivity (Wildman–Crippen MR) is 68.3 cm³/mol. The van der Waals surface area contributed by atoms with Gasteiger partial charge in [-0.3, -0.25) is 4.90 Å². The number of halogens is 2. The molecule has 94 valence electrons. The fourth-order valence-corrected chi connectivity index (χ4v) is 2.93. The van der Waals surface area contributed by atoms with Crippen molar-refractivity contribution >= 4 is 15.9 Å². The highest BCUT2D eigenvalue weighted by atomic mass is 79.9. The van der Waals surface area contributed by atoms with Crippen LogP contribution in [0.1, 0.15) is 18.0 Å². The minimum atomic E-state index is -0.339. The molecule has 1 heterocycles. The zero-order valence-electron chi connectivity index (χ0n) is 9.66. The average molecular weight is 303 g/mol. The number of rotatable bonds is 2. The molecular formula is C12H16BrFN2O. The predicted octanol–water partition coefficient (Wildman–Crippen LogP) is 2.25. The smallest absolute Gasteiger partial charge is 0.134 e. The van der Waals surface area contributed by atoms with Crippen molar-refractivity contribution in [3.63, 3.8) is 0 Å². The molecule has 1 fully saturated rings. The molecule has 1 aliphatic heterocycles. The van der Waals surface area contributed by atoms with Crippen molar-refractivity contribution in [1.29, 1.82) is 0 Å². The lowest BCUT2D eigenvalue weighted by Gasteiger charge is -2.21. The van der Waals surface area contributed by atoms with Crippen molar-refractivity contribution in [3.8, 4) is 5.75 Å². The first-order valence-electron chi connectivity index (χ1n) is 5.61. The zero-order chi connectivity index (χ0) is 12.6. The third-order valence-electron chi connectivity index (χ3n) is 3.38. The summed E-state index contributed by atoms with van der Waals surface area (Å²) in [5.41, 5.74) is 6.30. The van der Waals surface area contributed by atoms with Gasteiger partial charge in [-0.05, 0) is 54.0 Å². The molecule has 0 amide bonds. The molecule has 2 atom stereocenters. The summed E-state index contributed by atoms with van der Waals surface area (Å²) in [6, 6.07) is 2.71. The second kappa shape index (κ2) is 4.92. The number of phenols is 1. The summed E-state index contributed by atoms with van der Waals surface area (Å²) in [6.07, 6.45) is 0.858. The van der Waals surface area contributed by atoms with Gasteiger partial charge >= 0.3 is 0 Å². The van der Waals surface area contributed by atoms with Crippen LogP contribution in [0.2, 0.25) is 0 Å². The van der Waals surface area contributed by atoms with E-state index in [1.807, 2.05) is 7.05 Å². The van der Waals surface area contributed by atoms with Crippen molar-refractivity contribution < 1.29 is 9.50 Å². The maximum atomic E-state index is 13.4. The number of benzene rings is 1. The molecule has 0 spiro atoms. The molecule has 1 aromatic carbocycles. The van der Waals surface area contributed by atoms with Gasteiger partial charge in [0, 0.05) is 18.2 Å². The zero-order valence-corrected chi connectivity index (χ0v) is 11.2. The van der Waals surface area contributed by atoms with E-state index in [-0.39, 0.29) is 17.6 Å². The van der Waals surface area contributed by atoms with E-state index in [4.69, 9.17) is 5.73 Å². The highest BCUT2D eigenvalue weighted by molar-refractivity contribution is 9.10. The van der Waals surface area contributed by atoms with Gasteiger partial charge in [0.05, 0.1) is 4.47 Å². The number of phenolic OH excluding ortho intramolecular Hbond substituents is 1. The number of hydrogen-bond donors (Lipinski definition) is 2. The SMILES string of the molecule is CN1CC(CN)CC1c1cc(F)cc(Br)c1O. The van der Waals surface area contributed by atoms with Crippen LogP contribution in [0.4, 0.5) is 4.39 Å². The first-order valence-corrected chi connectivity index (χ1v) is 6.40. The van der Waals surface area contributed by atoms with E-state index in [1.54, 1.807) is 0 Å². The van der Waals surface area contributed by atoms with Crippen LogP contribution in [0.15, 0.2) is 16.6 Å². The van der Waals surface area contributed by atoms with E-state index < -0.39 is 0 Å². The highest BCUT2D eigenvalue weighted by Crippen LogP contribution is 2.41. The van der Waals surface area contributed by atoms with Crippen LogP contribution in [0.5, 0.6) is 5.75 Å². The Labute approximate surface area is 109 Å². The number of nitrogens with two attached hydrogens (primary N) is 1. The molecule has 0 radical (unpaired) electrons. The first-order chi connectivity index (χ1) is 8.02. The Bertz CT molecular complexity index is 427. The molecule has 2 rings (SSSR count). The Morgan fingerprint density at radius 1 is 1.59 bits per heavy atom. The van der Waals surface area contributed by atoms with Crippen LogP contribution in [-0.4, -0.2) is 30.1 Å². The Morgan fingerprint density at radius 3 is 2.88 bits per heavy atom. The number of likely N-dealkylation sites (tertiary alicyclic amines) is 1. The lowest BCUT2D eigenvalue weighted by atomic mass is 9.99. The summed E-state index contributed by atoms with van der Waals surface area (Å²) in [5.74, 6) is 0.196. The van der Waals surface area contributed by atoms with Crippen LogP contribution < -0.4 is 5.73 Å². The quantitative estimate of drug-likeness (QED) is 0.881. The van der Waals surface area contributed by atoms with E-state index in [0.717, 1.165) is 13.0 Å². The maximum Gasteiger partial charge on any atom is 0.134 e. The van der Waals surface area contributed by atoms with Gasteiger partial charge in [0.25, 0.3) is 0 Å². The first kappa shape index (κ1) is 12.8. The normalized spacial score (nSPS) is 25.4. The molecule has 1 aliphatic rings. The summed E-state index contributed by atoms with van der Waals surface area (Å²) in [5, 5.41) is 9.99. The molecule has 0 bridgehead atoms. The van der Waals surface area contributed by atoms with Gasteiger partial charge < -0.3 is 10.8 Å². The molecular weight excluding hydrogens is 287 g/mol. The van der Waals surface area contributed by atoms with Crippen molar-refractivity contribution in [2.75, 3.05) is 20.1 Å². The van der Waals surface area contributed by atoms with Crippen LogP contribution in [-0.2, 0) is 0 Å². The molecule has 1 aromatic rings. The lowest BCUT2D eigenvalue weighted by molar-refractivity contribution is 0.304. The Morgan fingerprint density at radius 2 is 2.29 bits per heavy atom. The van der Waals surface area contributed by atoms with Crippen molar-refractivity contribution in [3.05, 3.63) is 28.0 Å². The lowest BCUT2D eigenvalue weighted by Crippen LogP contribution is -2.20. The van der Waals surface area contributed by atoms with Crippen LogP contribution >= 0.6 is 15.9 Å². The van der Waals surface area contributed by atoms with Crippen LogP contribution in [0.25, 0.3) is 0 Å². The maximum absolute atomic E-state index is 13.4. The van der Waals surface area contributed by atoms with Gasteiger partial charge in [0.1, 0.15) is 11.6 Å². The summed E-state index contributed by atoms with van der Waals surface area (Å²) in [6.45, 7) is 1.51. The standard InChI is InChI=1S/C12H16BrFN2O/c1-16-6-7(5-15)2-11(16)9-3-8(14)4-10(13)12(9)17/h3-4,7,11,17H,2,5-6,15H2,1H3. The van der Waals surface area contributed by atoms with Crippen molar-refractivity contribution in [2.24, 2.45) is 11.7 Å². The largest absolute Gasteiger partial charge is 0.506 e. The van der Waals surface area contributed by atoms with E-state index in [0.29, 0.717) is 22.5 Å². The molecule has 5 heteroatoms. The molecule has 3 nitrogen and oxygen atoms in total. The Kier molecular flexibility index (Phi) is 3.70. The van der Waals surface area contributed by atoms with Gasteiger partial charge in [-0.2, -0.15) is 0 Å². The van der Waals surface area contributed by atoms with Crippen molar-refractivity contribution in [2.45, 2.75) is 12.5 Å². The molecule has 0 aromatic heterocycles. The molecule has 17 heavy (non-hydrogen) atoms. The average Bonchev–Trinajstić information content (AvgIpc) is 2.65. The molecule has 2 unspecified atom stereocenters. The Balaban J connectivity index is 2.34.